The van der Waals surface area contributed by atoms with Crippen molar-refractivity contribution in [3.05, 3.63) is 52.9 Å². The second kappa shape index (κ2) is 7.61. The first-order valence-electron chi connectivity index (χ1n) is 8.04. The molecule has 6 nitrogen and oxygen atoms in total. The van der Waals surface area contributed by atoms with Gasteiger partial charge in [0.2, 0.25) is 5.76 Å². The van der Waals surface area contributed by atoms with Gasteiger partial charge in [0.05, 0.1) is 6.26 Å². The van der Waals surface area contributed by atoms with E-state index in [1.54, 1.807) is 17.9 Å². The summed E-state index contributed by atoms with van der Waals surface area (Å²) in [5.41, 5.74) is 1.73. The van der Waals surface area contributed by atoms with Gasteiger partial charge < -0.3 is 19.0 Å². The molecule has 1 saturated heterocycles. The predicted molar refractivity (Wildman–Crippen MR) is 94.0 cm³/mol. The lowest BCUT2D eigenvalue weighted by atomic mass is 10.2. The van der Waals surface area contributed by atoms with Crippen LogP contribution < -0.4 is 4.90 Å². The first kappa shape index (κ1) is 17.4. The van der Waals surface area contributed by atoms with Crippen LogP contribution in [0.15, 0.2) is 41.0 Å². The number of esters is 1. The number of anilines is 1. The van der Waals surface area contributed by atoms with Crippen LogP contribution in [0.4, 0.5) is 5.69 Å². The van der Waals surface area contributed by atoms with Gasteiger partial charge in [-0.2, -0.15) is 0 Å². The summed E-state index contributed by atoms with van der Waals surface area (Å²) in [4.78, 5) is 28.0. The molecule has 1 fully saturated rings. The number of ether oxygens (including phenoxy) is 1. The smallest absolute Gasteiger partial charge is 0.375 e. The Balaban J connectivity index is 1.48. The van der Waals surface area contributed by atoms with E-state index in [1.165, 1.54) is 6.26 Å². The van der Waals surface area contributed by atoms with E-state index in [0.717, 1.165) is 5.69 Å². The Kier molecular flexibility index (Phi) is 5.28. The zero-order valence-electron chi connectivity index (χ0n) is 13.9. The Morgan fingerprint density at radius 3 is 2.60 bits per heavy atom. The van der Waals surface area contributed by atoms with Gasteiger partial charge in [-0.05, 0) is 31.2 Å². The van der Waals surface area contributed by atoms with Crippen molar-refractivity contribution in [2.45, 2.75) is 6.92 Å². The Morgan fingerprint density at radius 2 is 1.96 bits per heavy atom. The van der Waals surface area contributed by atoms with Crippen molar-refractivity contribution in [2.75, 3.05) is 37.7 Å². The molecule has 1 amide bonds. The van der Waals surface area contributed by atoms with Crippen LogP contribution >= 0.6 is 11.6 Å². The van der Waals surface area contributed by atoms with E-state index in [4.69, 9.17) is 20.8 Å². The minimum absolute atomic E-state index is 0.138. The quantitative estimate of drug-likeness (QED) is 0.782. The predicted octanol–water partition coefficient (Wildman–Crippen LogP) is 2.75. The second-order valence-corrected chi connectivity index (χ2v) is 6.29. The number of carbonyl (C=O) groups is 2. The highest BCUT2D eigenvalue weighted by Gasteiger charge is 2.23. The van der Waals surface area contributed by atoms with Crippen LogP contribution in [0.1, 0.15) is 16.1 Å². The van der Waals surface area contributed by atoms with Gasteiger partial charge >= 0.3 is 5.97 Å². The number of aryl methyl sites for hydroxylation is 1. The topological polar surface area (TPSA) is 63.0 Å². The number of hydrogen-bond donors (Lipinski definition) is 0. The molecule has 1 aliphatic rings. The number of benzene rings is 1. The van der Waals surface area contributed by atoms with Gasteiger partial charge in [0.1, 0.15) is 0 Å². The molecule has 0 spiro atoms. The molecule has 25 heavy (non-hydrogen) atoms. The summed E-state index contributed by atoms with van der Waals surface area (Å²) in [7, 11) is 0. The number of rotatable bonds is 4. The lowest BCUT2D eigenvalue weighted by molar-refractivity contribution is -0.134. The van der Waals surface area contributed by atoms with Crippen LogP contribution in [0.25, 0.3) is 0 Å². The number of amides is 1. The van der Waals surface area contributed by atoms with Gasteiger partial charge in [-0.3, -0.25) is 4.79 Å². The Labute approximate surface area is 150 Å². The average molecular weight is 363 g/mol. The molecule has 1 aliphatic heterocycles. The maximum absolute atomic E-state index is 12.2. The molecular formula is C18H19ClN2O4. The molecule has 0 N–H and O–H groups in total. The highest BCUT2D eigenvalue weighted by Crippen LogP contribution is 2.20. The second-order valence-electron chi connectivity index (χ2n) is 5.86. The molecule has 0 aliphatic carbocycles. The largest absolute Gasteiger partial charge is 0.457 e. The maximum Gasteiger partial charge on any atom is 0.375 e. The van der Waals surface area contributed by atoms with Crippen LogP contribution in [0.3, 0.4) is 0 Å². The van der Waals surface area contributed by atoms with Crippen LogP contribution in [-0.4, -0.2) is 49.6 Å². The van der Waals surface area contributed by atoms with E-state index >= 15 is 0 Å². The highest BCUT2D eigenvalue weighted by atomic mass is 35.5. The Morgan fingerprint density at radius 1 is 1.20 bits per heavy atom. The number of nitrogens with zero attached hydrogens (tertiary/aromatic N) is 2. The summed E-state index contributed by atoms with van der Waals surface area (Å²) in [5, 5.41) is 0.691. The molecule has 1 aromatic heterocycles. The van der Waals surface area contributed by atoms with E-state index in [9.17, 15) is 9.59 Å². The van der Waals surface area contributed by atoms with E-state index in [-0.39, 0.29) is 18.3 Å². The minimum atomic E-state index is -0.617. The van der Waals surface area contributed by atoms with Crippen molar-refractivity contribution in [1.82, 2.24) is 4.90 Å². The molecule has 0 atom stereocenters. The summed E-state index contributed by atoms with van der Waals surface area (Å²) < 4.78 is 10.1. The van der Waals surface area contributed by atoms with Gasteiger partial charge in [0.15, 0.2) is 6.61 Å². The van der Waals surface area contributed by atoms with Crippen molar-refractivity contribution in [3.8, 4) is 0 Å². The molecule has 2 aromatic rings. The third-order valence-corrected chi connectivity index (χ3v) is 4.42. The first-order chi connectivity index (χ1) is 12.0. The average Bonchev–Trinajstić information content (AvgIpc) is 3.05. The molecule has 2 heterocycles. The standard InChI is InChI=1S/C18H19ClN2O4/c1-13-5-10-24-17(13)18(23)25-12-16(22)21-8-6-20(7-9-21)15-4-2-3-14(19)11-15/h2-5,10-11H,6-9,12H2,1H3. The normalized spacial score (nSPS) is 14.5. The van der Waals surface area contributed by atoms with Crippen molar-refractivity contribution in [3.63, 3.8) is 0 Å². The molecule has 0 radical (unpaired) electrons. The third-order valence-electron chi connectivity index (χ3n) is 4.18. The van der Waals surface area contributed by atoms with E-state index in [2.05, 4.69) is 4.90 Å². The van der Waals surface area contributed by atoms with Gasteiger partial charge in [-0.25, -0.2) is 4.79 Å². The number of hydrogen-bond acceptors (Lipinski definition) is 5. The maximum atomic E-state index is 12.2. The van der Waals surface area contributed by atoms with Crippen molar-refractivity contribution in [1.29, 1.82) is 0 Å². The van der Waals surface area contributed by atoms with Crippen molar-refractivity contribution in [2.24, 2.45) is 0 Å². The Hall–Kier alpha value is -2.47. The molecule has 132 valence electrons. The molecule has 0 bridgehead atoms. The molecule has 3 rings (SSSR count). The summed E-state index contributed by atoms with van der Waals surface area (Å²) in [6.07, 6.45) is 1.42. The van der Waals surface area contributed by atoms with Gasteiger partial charge in [-0.1, -0.05) is 17.7 Å². The highest BCUT2D eigenvalue weighted by molar-refractivity contribution is 6.30. The van der Waals surface area contributed by atoms with E-state index in [0.29, 0.717) is 36.8 Å². The fraction of sp³-hybridized carbons (Fsp3) is 0.333. The lowest BCUT2D eigenvalue weighted by Gasteiger charge is -2.36. The van der Waals surface area contributed by atoms with Crippen molar-refractivity contribution < 1.29 is 18.7 Å². The molecule has 7 heteroatoms. The van der Waals surface area contributed by atoms with Crippen LogP contribution in [0, 0.1) is 6.92 Å². The van der Waals surface area contributed by atoms with Crippen molar-refractivity contribution >= 4 is 29.2 Å². The van der Waals surface area contributed by atoms with Gasteiger partial charge in [-0.15, -0.1) is 0 Å². The molecular weight excluding hydrogens is 344 g/mol. The van der Waals surface area contributed by atoms with Gasteiger partial charge in [0.25, 0.3) is 5.91 Å². The zero-order valence-corrected chi connectivity index (χ0v) is 14.7. The Bertz CT molecular complexity index is 766. The fourth-order valence-corrected chi connectivity index (χ4v) is 2.94. The SMILES string of the molecule is Cc1ccoc1C(=O)OCC(=O)N1CCN(c2cccc(Cl)c2)CC1. The summed E-state index contributed by atoms with van der Waals surface area (Å²) >= 11 is 6.02. The van der Waals surface area contributed by atoms with Crippen LogP contribution in [0.2, 0.25) is 5.02 Å². The third kappa shape index (κ3) is 4.14. The zero-order chi connectivity index (χ0) is 17.8. The lowest BCUT2D eigenvalue weighted by Crippen LogP contribution is -2.49. The summed E-state index contributed by atoms with van der Waals surface area (Å²) in [5.74, 6) is -0.685. The van der Waals surface area contributed by atoms with Gasteiger partial charge in [0, 0.05) is 42.5 Å². The molecule has 0 saturated carbocycles. The first-order valence-corrected chi connectivity index (χ1v) is 8.42. The number of furan rings is 1. The minimum Gasteiger partial charge on any atom is -0.457 e. The molecule has 0 unspecified atom stereocenters. The number of carbonyl (C=O) groups excluding carboxylic acids is 2. The van der Waals surface area contributed by atoms with E-state index < -0.39 is 5.97 Å². The van der Waals surface area contributed by atoms with E-state index in [1.807, 2.05) is 24.3 Å². The fourth-order valence-electron chi connectivity index (χ4n) is 2.75. The molecule has 1 aromatic carbocycles. The summed E-state index contributed by atoms with van der Waals surface area (Å²) in [6.45, 7) is 4.02. The van der Waals surface area contributed by atoms with Crippen LogP contribution in [0.5, 0.6) is 0 Å². The summed E-state index contributed by atoms with van der Waals surface area (Å²) in [6, 6.07) is 9.32. The number of piperazine rings is 1. The van der Waals surface area contributed by atoms with Crippen LogP contribution in [-0.2, 0) is 9.53 Å². The number of halogens is 1. The monoisotopic (exact) mass is 362 g/mol.